The molecule has 3 rings (SSSR count). The van der Waals surface area contributed by atoms with Crippen LogP contribution in [0.4, 0.5) is 0 Å². The van der Waals surface area contributed by atoms with Crippen LogP contribution in [0.3, 0.4) is 0 Å². The van der Waals surface area contributed by atoms with Crippen LogP contribution in [-0.2, 0) is 19.9 Å². The maximum atomic E-state index is 13.1. The van der Waals surface area contributed by atoms with Gasteiger partial charge in [0.15, 0.2) is 9.84 Å². The molecule has 0 aromatic heterocycles. The number of hydrogen-bond donors (Lipinski definition) is 2. The third-order valence-electron chi connectivity index (χ3n) is 5.44. The number of rotatable bonds is 8. The number of likely N-dealkylation sites (tertiary alicyclic amines) is 1. The number of sulfonamides is 1. The van der Waals surface area contributed by atoms with E-state index in [1.807, 2.05) is 30.3 Å². The number of benzene rings is 2. The highest BCUT2D eigenvalue weighted by Gasteiger charge is 2.30. The van der Waals surface area contributed by atoms with Crippen LogP contribution in [0.1, 0.15) is 35.8 Å². The molecule has 0 saturated carbocycles. The van der Waals surface area contributed by atoms with E-state index < -0.39 is 31.2 Å². The minimum Gasteiger partial charge on any atom is -0.392 e. The predicted octanol–water partition coefficient (Wildman–Crippen LogP) is 1.88. The van der Waals surface area contributed by atoms with Crippen molar-refractivity contribution >= 4 is 19.9 Å². The zero-order valence-electron chi connectivity index (χ0n) is 17.1. The number of β-amino-alcohol motifs (C(OH)–C–C–N with tert-alkyl or cyclic N) is 1. The van der Waals surface area contributed by atoms with Gasteiger partial charge in [0.1, 0.15) is 0 Å². The van der Waals surface area contributed by atoms with Gasteiger partial charge in [-0.25, -0.2) is 21.6 Å². The Morgan fingerprint density at radius 1 is 1.03 bits per heavy atom. The zero-order chi connectivity index (χ0) is 21.9. The van der Waals surface area contributed by atoms with Crippen LogP contribution >= 0.6 is 0 Å². The Kier molecular flexibility index (Phi) is 6.98. The molecule has 0 aliphatic carbocycles. The second kappa shape index (κ2) is 9.15. The number of hydrogen-bond acceptors (Lipinski definition) is 6. The Bertz CT molecular complexity index is 1050. The lowest BCUT2D eigenvalue weighted by molar-refractivity contribution is 0.173. The summed E-state index contributed by atoms with van der Waals surface area (Å²) in [6.07, 6.45) is 1.41. The summed E-state index contributed by atoms with van der Waals surface area (Å²) in [5.41, 5.74) is 1.36. The second-order valence-corrected chi connectivity index (χ2v) is 11.9. The minimum atomic E-state index is -3.75. The summed E-state index contributed by atoms with van der Waals surface area (Å²) in [5.74, 6) is 0. The fourth-order valence-corrected chi connectivity index (χ4v) is 5.56. The summed E-state index contributed by atoms with van der Waals surface area (Å²) < 4.78 is 52.4. The molecule has 1 aliphatic rings. The molecular weight excluding hydrogens is 424 g/mol. The third-order valence-corrected chi connectivity index (χ3v) is 8.38. The van der Waals surface area contributed by atoms with E-state index in [1.54, 1.807) is 6.92 Å². The van der Waals surface area contributed by atoms with Gasteiger partial charge in [0.2, 0.25) is 10.0 Å². The summed E-state index contributed by atoms with van der Waals surface area (Å²) in [6.45, 7) is 3.28. The highest BCUT2D eigenvalue weighted by molar-refractivity contribution is 7.90. The molecule has 9 heteroatoms. The summed E-state index contributed by atoms with van der Waals surface area (Å²) in [7, 11) is -7.10. The SMILES string of the molecule is CC(c1ccc(S(C)(=O)=O)cc1)S(=O)(=O)NC(CN1CCC(O)C1)c1ccccc1. The lowest BCUT2D eigenvalue weighted by atomic mass is 10.1. The molecular formula is C21H28N2O5S2. The molecule has 30 heavy (non-hydrogen) atoms. The highest BCUT2D eigenvalue weighted by Crippen LogP contribution is 2.26. The first-order chi connectivity index (χ1) is 14.1. The normalized spacial score (nSPS) is 20.2. The zero-order valence-corrected chi connectivity index (χ0v) is 18.7. The van der Waals surface area contributed by atoms with E-state index >= 15 is 0 Å². The molecule has 1 heterocycles. The maximum absolute atomic E-state index is 13.1. The monoisotopic (exact) mass is 452 g/mol. The van der Waals surface area contributed by atoms with Crippen LogP contribution in [0.5, 0.6) is 0 Å². The Balaban J connectivity index is 1.81. The van der Waals surface area contributed by atoms with Crippen LogP contribution in [-0.4, -0.2) is 58.8 Å². The quantitative estimate of drug-likeness (QED) is 0.634. The molecule has 0 radical (unpaired) electrons. The van der Waals surface area contributed by atoms with Crippen molar-refractivity contribution in [3.8, 4) is 0 Å². The van der Waals surface area contributed by atoms with Crippen molar-refractivity contribution in [3.05, 3.63) is 65.7 Å². The van der Waals surface area contributed by atoms with Gasteiger partial charge in [0, 0.05) is 25.9 Å². The topological polar surface area (TPSA) is 104 Å². The third kappa shape index (κ3) is 5.67. The van der Waals surface area contributed by atoms with Gasteiger partial charge in [-0.2, -0.15) is 0 Å². The van der Waals surface area contributed by atoms with Crippen molar-refractivity contribution in [2.24, 2.45) is 0 Å². The van der Waals surface area contributed by atoms with Crippen molar-refractivity contribution in [1.29, 1.82) is 0 Å². The number of nitrogens with zero attached hydrogens (tertiary/aromatic N) is 1. The predicted molar refractivity (Wildman–Crippen MR) is 116 cm³/mol. The van der Waals surface area contributed by atoms with Crippen LogP contribution < -0.4 is 4.72 Å². The average Bonchev–Trinajstić information content (AvgIpc) is 3.11. The smallest absolute Gasteiger partial charge is 0.218 e. The molecule has 0 amide bonds. The van der Waals surface area contributed by atoms with Crippen molar-refractivity contribution in [2.45, 2.75) is 35.6 Å². The Hall–Kier alpha value is -1.78. The average molecular weight is 453 g/mol. The molecule has 0 spiro atoms. The first-order valence-corrected chi connectivity index (χ1v) is 13.3. The van der Waals surface area contributed by atoms with E-state index in [9.17, 15) is 21.9 Å². The molecule has 2 N–H and O–H groups in total. The number of aliphatic hydroxyl groups excluding tert-OH is 1. The summed E-state index contributed by atoms with van der Waals surface area (Å²) >= 11 is 0. The van der Waals surface area contributed by atoms with Crippen molar-refractivity contribution < 1.29 is 21.9 Å². The van der Waals surface area contributed by atoms with Gasteiger partial charge in [-0.15, -0.1) is 0 Å². The molecule has 2 aromatic carbocycles. The van der Waals surface area contributed by atoms with Crippen molar-refractivity contribution in [3.63, 3.8) is 0 Å². The molecule has 1 saturated heterocycles. The lowest BCUT2D eigenvalue weighted by Gasteiger charge is -2.26. The number of aliphatic hydroxyl groups is 1. The van der Waals surface area contributed by atoms with Crippen LogP contribution in [0.25, 0.3) is 0 Å². The molecule has 7 nitrogen and oxygen atoms in total. The second-order valence-electron chi connectivity index (χ2n) is 7.81. The van der Waals surface area contributed by atoms with Crippen LogP contribution in [0.2, 0.25) is 0 Å². The first kappa shape index (κ1) is 22.9. The molecule has 2 aromatic rings. The Morgan fingerprint density at radius 3 is 2.20 bits per heavy atom. The molecule has 3 atom stereocenters. The molecule has 1 fully saturated rings. The van der Waals surface area contributed by atoms with Gasteiger partial charge in [-0.05, 0) is 36.6 Å². The lowest BCUT2D eigenvalue weighted by Crippen LogP contribution is -2.39. The fraction of sp³-hybridized carbons (Fsp3) is 0.429. The van der Waals surface area contributed by atoms with Gasteiger partial charge >= 0.3 is 0 Å². The Morgan fingerprint density at radius 2 is 1.67 bits per heavy atom. The number of nitrogens with one attached hydrogen (secondary N) is 1. The summed E-state index contributed by atoms with van der Waals surface area (Å²) in [4.78, 5) is 2.20. The van der Waals surface area contributed by atoms with E-state index in [4.69, 9.17) is 0 Å². The van der Waals surface area contributed by atoms with Gasteiger partial charge < -0.3 is 5.11 Å². The molecule has 3 unspecified atom stereocenters. The largest absolute Gasteiger partial charge is 0.392 e. The van der Waals surface area contributed by atoms with E-state index in [2.05, 4.69) is 9.62 Å². The first-order valence-electron chi connectivity index (χ1n) is 9.83. The minimum absolute atomic E-state index is 0.151. The van der Waals surface area contributed by atoms with E-state index in [0.717, 1.165) is 11.8 Å². The van der Waals surface area contributed by atoms with Crippen molar-refractivity contribution in [1.82, 2.24) is 9.62 Å². The highest BCUT2D eigenvalue weighted by atomic mass is 32.2. The van der Waals surface area contributed by atoms with Crippen LogP contribution in [0.15, 0.2) is 59.5 Å². The van der Waals surface area contributed by atoms with Gasteiger partial charge in [0.05, 0.1) is 22.3 Å². The fourth-order valence-electron chi connectivity index (χ4n) is 3.60. The molecule has 164 valence electrons. The maximum Gasteiger partial charge on any atom is 0.218 e. The van der Waals surface area contributed by atoms with Gasteiger partial charge in [-0.3, -0.25) is 4.90 Å². The number of sulfone groups is 1. The standard InChI is InChI=1S/C21H28N2O5S2/c1-16(17-8-10-20(11-9-17)29(2,25)26)30(27,28)22-21(18-6-4-3-5-7-18)15-23-13-12-19(24)14-23/h3-11,16,19,21-22,24H,12-15H2,1-2H3. The molecule has 1 aliphatic heterocycles. The van der Waals surface area contributed by atoms with E-state index in [1.165, 1.54) is 24.3 Å². The van der Waals surface area contributed by atoms with Crippen molar-refractivity contribution in [2.75, 3.05) is 25.9 Å². The van der Waals surface area contributed by atoms with Crippen LogP contribution in [0, 0.1) is 0 Å². The van der Waals surface area contributed by atoms with E-state index in [0.29, 0.717) is 31.6 Å². The molecule has 0 bridgehead atoms. The van der Waals surface area contributed by atoms with Gasteiger partial charge in [0.25, 0.3) is 0 Å². The Labute approximate surface area is 178 Å². The van der Waals surface area contributed by atoms with Gasteiger partial charge in [-0.1, -0.05) is 42.5 Å². The van der Waals surface area contributed by atoms with E-state index in [-0.39, 0.29) is 11.0 Å². The summed E-state index contributed by atoms with van der Waals surface area (Å²) in [6, 6.07) is 14.8. The summed E-state index contributed by atoms with van der Waals surface area (Å²) in [5, 5.41) is 8.95.